The molecule has 3 aromatic heterocycles. The molecule has 4 aromatic rings. The summed E-state index contributed by atoms with van der Waals surface area (Å²) in [4.78, 5) is 33.5. The molecule has 9 nitrogen and oxygen atoms in total. The van der Waals surface area contributed by atoms with Crippen molar-refractivity contribution in [2.24, 2.45) is 5.41 Å². The summed E-state index contributed by atoms with van der Waals surface area (Å²) in [5, 5.41) is 2.96. The molecule has 2 N–H and O–H groups in total. The summed E-state index contributed by atoms with van der Waals surface area (Å²) < 4.78 is 11.9. The molecule has 2 atom stereocenters. The normalized spacial score (nSPS) is 20.9. The van der Waals surface area contributed by atoms with Crippen LogP contribution in [0.2, 0.25) is 0 Å². The molecule has 1 aliphatic rings. The van der Waals surface area contributed by atoms with E-state index in [1.165, 1.54) is 0 Å². The molecule has 1 amide bonds. The van der Waals surface area contributed by atoms with Gasteiger partial charge in [-0.15, -0.1) is 0 Å². The molecule has 0 saturated carbocycles. The number of carbonyl (C=O) groups is 1. The maximum absolute atomic E-state index is 12.9. The van der Waals surface area contributed by atoms with E-state index < -0.39 is 11.7 Å². The fourth-order valence-electron chi connectivity index (χ4n) is 3.73. The van der Waals surface area contributed by atoms with Crippen molar-refractivity contribution < 1.29 is 14.3 Å². The smallest absolute Gasteiger partial charge is 0.228 e. The molecule has 0 bridgehead atoms. The predicted octanol–water partition coefficient (Wildman–Crippen LogP) is 3.17. The summed E-state index contributed by atoms with van der Waals surface area (Å²) in [5.74, 6) is 0.470. The first-order valence-electron chi connectivity index (χ1n) is 10.8. The Morgan fingerprint density at radius 3 is 2.82 bits per heavy atom. The third-order valence-electron chi connectivity index (χ3n) is 5.78. The minimum Gasteiger partial charge on any atom is -0.350 e. The summed E-state index contributed by atoms with van der Waals surface area (Å²) >= 11 is 0. The number of carbonyl (C=O) groups excluding carboxylic acids is 1. The first kappa shape index (κ1) is 21.2. The zero-order valence-electron chi connectivity index (χ0n) is 18.2. The zero-order chi connectivity index (χ0) is 22.7. The van der Waals surface area contributed by atoms with Crippen molar-refractivity contribution in [1.82, 2.24) is 30.2 Å². The van der Waals surface area contributed by atoms with E-state index in [-0.39, 0.29) is 12.5 Å². The van der Waals surface area contributed by atoms with Crippen molar-refractivity contribution in [3.63, 3.8) is 0 Å². The van der Waals surface area contributed by atoms with Crippen molar-refractivity contribution in [2.75, 3.05) is 13.2 Å². The second-order valence-corrected chi connectivity index (χ2v) is 8.27. The number of hydrogen-bond acceptors (Lipinski definition) is 7. The van der Waals surface area contributed by atoms with Crippen LogP contribution < -0.4 is 5.32 Å². The highest BCUT2D eigenvalue weighted by atomic mass is 16.7. The standard InChI is InChI=1S/C24H24N6O3/c1-24(23(31)29-13-17-4-2-3-8-25-17)7-11-32-22(33-15-24)21-28-14-20(30-21)16-5-6-18-19(12-16)27-10-9-26-18/h2-6,8-10,12,14,22H,7,11,13,15H2,1H3,(H,28,30)(H,29,31)/t22-,24?/m1/s1. The van der Waals surface area contributed by atoms with Gasteiger partial charge in [0.1, 0.15) is 0 Å². The van der Waals surface area contributed by atoms with E-state index in [1.807, 2.05) is 43.3 Å². The third-order valence-corrected chi connectivity index (χ3v) is 5.78. The van der Waals surface area contributed by atoms with Crippen LogP contribution >= 0.6 is 0 Å². The Morgan fingerprint density at radius 2 is 1.97 bits per heavy atom. The number of hydrogen-bond donors (Lipinski definition) is 2. The molecule has 1 aromatic carbocycles. The maximum atomic E-state index is 12.9. The van der Waals surface area contributed by atoms with E-state index >= 15 is 0 Å². The van der Waals surface area contributed by atoms with E-state index in [0.717, 1.165) is 28.0 Å². The Labute approximate surface area is 190 Å². The number of nitrogens with zero attached hydrogens (tertiary/aromatic N) is 4. The molecule has 1 aliphatic heterocycles. The zero-order valence-corrected chi connectivity index (χ0v) is 18.2. The van der Waals surface area contributed by atoms with Crippen molar-refractivity contribution in [3.05, 3.63) is 72.7 Å². The molecule has 168 valence electrons. The van der Waals surface area contributed by atoms with Crippen LogP contribution in [0.4, 0.5) is 0 Å². The summed E-state index contributed by atoms with van der Waals surface area (Å²) in [5.41, 5.74) is 3.49. The highest BCUT2D eigenvalue weighted by molar-refractivity contribution is 5.82. The molecule has 33 heavy (non-hydrogen) atoms. The highest BCUT2D eigenvalue weighted by Crippen LogP contribution is 2.32. The van der Waals surface area contributed by atoms with Crippen molar-refractivity contribution in [3.8, 4) is 11.3 Å². The van der Waals surface area contributed by atoms with Crippen LogP contribution in [0.3, 0.4) is 0 Å². The van der Waals surface area contributed by atoms with Gasteiger partial charge in [0, 0.05) is 24.2 Å². The number of fused-ring (bicyclic) bond motifs is 1. The summed E-state index contributed by atoms with van der Waals surface area (Å²) in [6, 6.07) is 11.5. The van der Waals surface area contributed by atoms with Gasteiger partial charge in [-0.3, -0.25) is 19.7 Å². The van der Waals surface area contributed by atoms with Gasteiger partial charge in [0.05, 0.1) is 53.8 Å². The first-order valence-corrected chi connectivity index (χ1v) is 10.8. The number of pyridine rings is 1. The number of aromatic amines is 1. The Morgan fingerprint density at radius 1 is 1.09 bits per heavy atom. The number of H-pyrrole nitrogens is 1. The van der Waals surface area contributed by atoms with Gasteiger partial charge in [-0.05, 0) is 37.6 Å². The molecule has 9 heteroatoms. The summed E-state index contributed by atoms with van der Waals surface area (Å²) in [7, 11) is 0. The maximum Gasteiger partial charge on any atom is 0.228 e. The Kier molecular flexibility index (Phi) is 5.80. The number of aromatic nitrogens is 5. The van der Waals surface area contributed by atoms with E-state index in [2.05, 4.69) is 30.2 Å². The van der Waals surface area contributed by atoms with Crippen LogP contribution in [0.15, 0.2) is 61.2 Å². The molecular weight excluding hydrogens is 420 g/mol. The lowest BCUT2D eigenvalue weighted by molar-refractivity contribution is -0.149. The predicted molar refractivity (Wildman–Crippen MR) is 121 cm³/mol. The van der Waals surface area contributed by atoms with Crippen LogP contribution in [0.25, 0.3) is 22.3 Å². The second-order valence-electron chi connectivity index (χ2n) is 8.27. The lowest BCUT2D eigenvalue weighted by Gasteiger charge is -2.25. The molecule has 4 heterocycles. The number of rotatable bonds is 5. The van der Waals surface area contributed by atoms with Gasteiger partial charge in [0.15, 0.2) is 5.82 Å². The molecule has 1 saturated heterocycles. The average molecular weight is 444 g/mol. The lowest BCUT2D eigenvalue weighted by Crippen LogP contribution is -2.41. The molecule has 1 unspecified atom stereocenters. The van der Waals surface area contributed by atoms with Gasteiger partial charge >= 0.3 is 0 Å². The second kappa shape index (κ2) is 9.05. The molecule has 1 fully saturated rings. The first-order chi connectivity index (χ1) is 16.1. The number of amides is 1. The van der Waals surface area contributed by atoms with Gasteiger partial charge in [0.2, 0.25) is 12.2 Å². The summed E-state index contributed by atoms with van der Waals surface area (Å²) in [6.45, 7) is 2.85. The van der Waals surface area contributed by atoms with Crippen molar-refractivity contribution >= 4 is 16.9 Å². The fourth-order valence-corrected chi connectivity index (χ4v) is 3.73. The minimum absolute atomic E-state index is 0.0881. The van der Waals surface area contributed by atoms with E-state index in [9.17, 15) is 4.79 Å². The Balaban J connectivity index is 1.25. The van der Waals surface area contributed by atoms with Gasteiger partial charge in [-0.1, -0.05) is 12.1 Å². The van der Waals surface area contributed by atoms with Crippen LogP contribution in [0.1, 0.15) is 31.2 Å². The SMILES string of the molecule is CC1(C(=O)NCc2ccccn2)CCO[C@@H](c2ncc(-c3ccc4nccnc4c3)[nH]2)OC1. The number of imidazole rings is 1. The molecule has 0 spiro atoms. The Hall–Kier alpha value is -3.69. The highest BCUT2D eigenvalue weighted by Gasteiger charge is 2.37. The van der Waals surface area contributed by atoms with Crippen molar-refractivity contribution in [1.29, 1.82) is 0 Å². The minimum atomic E-state index is -0.712. The topological polar surface area (TPSA) is 115 Å². The van der Waals surface area contributed by atoms with Gasteiger partial charge in [0.25, 0.3) is 0 Å². The summed E-state index contributed by atoms with van der Waals surface area (Å²) in [6.07, 6.45) is 6.64. The quantitative estimate of drug-likeness (QED) is 0.486. The van der Waals surface area contributed by atoms with E-state index in [4.69, 9.17) is 9.47 Å². The van der Waals surface area contributed by atoms with Crippen LogP contribution in [0.5, 0.6) is 0 Å². The Bertz CT molecular complexity index is 1260. The van der Waals surface area contributed by atoms with E-state index in [0.29, 0.717) is 25.4 Å². The third kappa shape index (κ3) is 4.59. The van der Waals surface area contributed by atoms with Gasteiger partial charge in [-0.25, -0.2) is 4.98 Å². The molecule has 0 radical (unpaired) electrons. The monoisotopic (exact) mass is 444 g/mol. The average Bonchev–Trinajstić information content (AvgIpc) is 3.26. The van der Waals surface area contributed by atoms with Gasteiger partial charge < -0.3 is 19.8 Å². The molecule has 0 aliphatic carbocycles. The van der Waals surface area contributed by atoms with E-state index in [1.54, 1.807) is 24.8 Å². The molecular formula is C24H24N6O3. The lowest BCUT2D eigenvalue weighted by atomic mass is 9.87. The fraction of sp³-hybridized carbons (Fsp3) is 0.292. The number of ether oxygens (including phenoxy) is 2. The van der Waals surface area contributed by atoms with Crippen LogP contribution in [0, 0.1) is 5.41 Å². The van der Waals surface area contributed by atoms with Crippen LogP contribution in [-0.4, -0.2) is 44.0 Å². The largest absolute Gasteiger partial charge is 0.350 e. The van der Waals surface area contributed by atoms with Crippen molar-refractivity contribution in [2.45, 2.75) is 26.2 Å². The number of nitrogens with one attached hydrogen (secondary N) is 2. The molecule has 5 rings (SSSR count). The van der Waals surface area contributed by atoms with Crippen LogP contribution in [-0.2, 0) is 20.8 Å². The van der Waals surface area contributed by atoms with Gasteiger partial charge in [-0.2, -0.15) is 0 Å². The number of benzene rings is 1.